The Kier molecular flexibility index (Phi) is 22.7. The third-order valence-corrected chi connectivity index (χ3v) is 2.29. The van der Waals surface area contributed by atoms with Gasteiger partial charge in [-0.15, -0.1) is 0 Å². The van der Waals surface area contributed by atoms with Gasteiger partial charge in [0.1, 0.15) is 0 Å². The second kappa shape index (κ2) is 14.8. The van der Waals surface area contributed by atoms with Gasteiger partial charge >= 0.3 is 0 Å². The minimum absolute atomic E-state index is 0. The topological polar surface area (TPSA) is 121 Å². The molecule has 108 valence electrons. The summed E-state index contributed by atoms with van der Waals surface area (Å²) in [5.74, 6) is 0. The Morgan fingerprint density at radius 1 is 0.500 bits per heavy atom. The molecular formula is C10H24O6Sn2. The van der Waals surface area contributed by atoms with Crippen molar-refractivity contribution in [3.63, 3.8) is 0 Å². The molecule has 0 heterocycles. The van der Waals surface area contributed by atoms with Crippen LogP contribution in [0.2, 0.25) is 0 Å². The van der Waals surface area contributed by atoms with Crippen molar-refractivity contribution in [2.75, 3.05) is 39.6 Å². The fourth-order valence-corrected chi connectivity index (χ4v) is 0.300. The van der Waals surface area contributed by atoms with Crippen molar-refractivity contribution in [2.24, 2.45) is 10.8 Å². The molecule has 0 fully saturated rings. The molecule has 0 aliphatic carbocycles. The van der Waals surface area contributed by atoms with Gasteiger partial charge in [-0.3, -0.25) is 0 Å². The van der Waals surface area contributed by atoms with Crippen LogP contribution in [-0.4, -0.2) is 118 Å². The van der Waals surface area contributed by atoms with E-state index in [9.17, 15) is 0 Å². The van der Waals surface area contributed by atoms with E-state index in [-0.39, 0.29) is 87.5 Å². The number of hydrogen-bond donors (Lipinski definition) is 6. The Labute approximate surface area is 142 Å². The van der Waals surface area contributed by atoms with Gasteiger partial charge in [-0.1, -0.05) is 13.8 Å². The molecule has 0 amide bonds. The van der Waals surface area contributed by atoms with Gasteiger partial charge in [0.25, 0.3) is 0 Å². The smallest absolute Gasteiger partial charge is 0.0528 e. The van der Waals surface area contributed by atoms with Crippen LogP contribution in [-0.2, 0) is 0 Å². The van der Waals surface area contributed by atoms with Crippen molar-refractivity contribution in [1.29, 1.82) is 0 Å². The first-order valence-electron chi connectivity index (χ1n) is 5.02. The third-order valence-electron chi connectivity index (χ3n) is 2.29. The quantitative estimate of drug-likeness (QED) is 0.230. The van der Waals surface area contributed by atoms with E-state index in [0.717, 1.165) is 0 Å². The van der Waals surface area contributed by atoms with Crippen LogP contribution < -0.4 is 0 Å². The van der Waals surface area contributed by atoms with Gasteiger partial charge < -0.3 is 30.6 Å². The molecule has 0 rings (SSSR count). The van der Waals surface area contributed by atoms with E-state index in [4.69, 9.17) is 30.6 Å². The van der Waals surface area contributed by atoms with E-state index >= 15 is 0 Å². The maximum absolute atomic E-state index is 8.47. The van der Waals surface area contributed by atoms with E-state index < -0.39 is 10.8 Å². The van der Waals surface area contributed by atoms with Crippen molar-refractivity contribution in [3.8, 4) is 0 Å². The number of aliphatic hydroxyl groups is 6. The standard InChI is InChI=1S/2C5H12O3.2Sn/c2*1-5(2-6,3-7)4-8;;/h2*6-8H,2-4H2,1H3;;. The molecule has 0 aromatic carbocycles. The Balaban J connectivity index is -0.0000000980. The molecule has 18 heavy (non-hydrogen) atoms. The summed E-state index contributed by atoms with van der Waals surface area (Å²) in [6, 6.07) is 0. The molecule has 0 saturated heterocycles. The Hall–Kier alpha value is 1.36. The first-order valence-corrected chi connectivity index (χ1v) is 5.02. The zero-order valence-electron chi connectivity index (χ0n) is 10.9. The van der Waals surface area contributed by atoms with Crippen LogP contribution in [0.25, 0.3) is 0 Å². The molecular weight excluding hydrogens is 454 g/mol. The molecule has 8 heteroatoms. The van der Waals surface area contributed by atoms with Gasteiger partial charge in [0, 0.05) is 58.6 Å². The molecule has 8 radical (unpaired) electrons. The van der Waals surface area contributed by atoms with Crippen molar-refractivity contribution < 1.29 is 30.6 Å². The summed E-state index contributed by atoms with van der Waals surface area (Å²) in [7, 11) is 0. The summed E-state index contributed by atoms with van der Waals surface area (Å²) in [6.45, 7) is 2.12. The van der Waals surface area contributed by atoms with E-state index in [0.29, 0.717) is 0 Å². The number of aliphatic hydroxyl groups excluding tert-OH is 6. The summed E-state index contributed by atoms with van der Waals surface area (Å²) in [4.78, 5) is 0. The molecule has 6 nitrogen and oxygen atoms in total. The minimum Gasteiger partial charge on any atom is -0.396 e. The van der Waals surface area contributed by atoms with E-state index in [2.05, 4.69) is 0 Å². The van der Waals surface area contributed by atoms with Gasteiger partial charge in [-0.25, -0.2) is 0 Å². The Morgan fingerprint density at radius 3 is 0.611 bits per heavy atom. The average molecular weight is 478 g/mol. The number of rotatable bonds is 6. The predicted octanol–water partition coefficient (Wildman–Crippen LogP) is -2.82. The Bertz CT molecular complexity index is 128. The molecule has 0 aliphatic heterocycles. The average Bonchev–Trinajstić information content (AvgIpc) is 2.37. The molecule has 0 aliphatic rings. The van der Waals surface area contributed by atoms with Gasteiger partial charge in [0.05, 0.1) is 39.6 Å². The molecule has 0 bridgehead atoms. The molecule has 6 N–H and O–H groups in total. The SMILES string of the molecule is CC(CO)(CO)CO.CC(CO)(CO)CO.[Sn].[Sn]. The maximum Gasteiger partial charge on any atom is 0.0528 e. The predicted molar refractivity (Wildman–Crippen MR) is 70.2 cm³/mol. The van der Waals surface area contributed by atoms with E-state index in [1.54, 1.807) is 13.8 Å². The van der Waals surface area contributed by atoms with Crippen LogP contribution in [0.4, 0.5) is 0 Å². The second-order valence-electron chi connectivity index (χ2n) is 4.57. The van der Waals surface area contributed by atoms with Gasteiger partial charge in [-0.2, -0.15) is 0 Å². The second-order valence-corrected chi connectivity index (χ2v) is 4.57. The van der Waals surface area contributed by atoms with Crippen molar-refractivity contribution >= 4 is 47.8 Å². The van der Waals surface area contributed by atoms with E-state index in [1.165, 1.54) is 0 Å². The van der Waals surface area contributed by atoms with Gasteiger partial charge in [0.15, 0.2) is 0 Å². The van der Waals surface area contributed by atoms with Crippen LogP contribution in [0.3, 0.4) is 0 Å². The molecule has 0 aromatic heterocycles. The molecule has 0 unspecified atom stereocenters. The summed E-state index contributed by atoms with van der Waals surface area (Å²) < 4.78 is 0. The van der Waals surface area contributed by atoms with Crippen LogP contribution in [0, 0.1) is 10.8 Å². The summed E-state index contributed by atoms with van der Waals surface area (Å²) in [5.41, 5.74) is -1.42. The van der Waals surface area contributed by atoms with Gasteiger partial charge in [0.2, 0.25) is 0 Å². The maximum atomic E-state index is 8.47. The Morgan fingerprint density at radius 2 is 0.611 bits per heavy atom. The number of hydrogen-bond acceptors (Lipinski definition) is 6. The monoisotopic (exact) mass is 480 g/mol. The fourth-order valence-electron chi connectivity index (χ4n) is 0.300. The van der Waals surface area contributed by atoms with Crippen molar-refractivity contribution in [1.82, 2.24) is 0 Å². The molecule has 0 aromatic rings. The van der Waals surface area contributed by atoms with E-state index in [1.807, 2.05) is 0 Å². The fraction of sp³-hybridized carbons (Fsp3) is 1.00. The zero-order chi connectivity index (χ0) is 13.2. The van der Waals surface area contributed by atoms with Crippen LogP contribution in [0.5, 0.6) is 0 Å². The summed E-state index contributed by atoms with van der Waals surface area (Å²) >= 11 is 0. The largest absolute Gasteiger partial charge is 0.396 e. The van der Waals surface area contributed by atoms with Crippen LogP contribution >= 0.6 is 0 Å². The third kappa shape index (κ3) is 12.4. The van der Waals surface area contributed by atoms with Crippen molar-refractivity contribution in [3.05, 3.63) is 0 Å². The van der Waals surface area contributed by atoms with Crippen LogP contribution in [0.15, 0.2) is 0 Å². The zero-order valence-corrected chi connectivity index (χ0v) is 16.6. The van der Waals surface area contributed by atoms with Gasteiger partial charge in [-0.05, 0) is 0 Å². The molecule has 0 spiro atoms. The normalized spacial score (nSPS) is 10.7. The molecule has 0 atom stereocenters. The summed E-state index contributed by atoms with van der Waals surface area (Å²) in [5, 5.41) is 50.8. The van der Waals surface area contributed by atoms with Crippen LogP contribution in [0.1, 0.15) is 13.8 Å². The summed E-state index contributed by atoms with van der Waals surface area (Å²) in [6.07, 6.45) is 0. The minimum atomic E-state index is -0.708. The first kappa shape index (κ1) is 27.7. The molecule has 0 saturated carbocycles. The first-order chi connectivity index (χ1) is 7.36. The van der Waals surface area contributed by atoms with Crippen molar-refractivity contribution in [2.45, 2.75) is 13.8 Å².